The molecule has 1 rings (SSSR count). The second-order valence-corrected chi connectivity index (χ2v) is 10.2. The Balaban J connectivity index is 3.34. The summed E-state index contributed by atoms with van der Waals surface area (Å²) in [6, 6.07) is 0. The summed E-state index contributed by atoms with van der Waals surface area (Å²) in [4.78, 5) is 24.4. The molecule has 2 unspecified atom stereocenters. The van der Waals surface area contributed by atoms with Gasteiger partial charge < -0.3 is 19.7 Å². The molecule has 0 saturated heterocycles. The van der Waals surface area contributed by atoms with E-state index in [-0.39, 0.29) is 43.8 Å². The van der Waals surface area contributed by atoms with E-state index >= 15 is 0 Å². The summed E-state index contributed by atoms with van der Waals surface area (Å²) in [5.74, 6) is -1.19. The number of Topliss-reactive ketones (excluding diaryl/α,β-unsaturated/α-hetero) is 1. The third-order valence-corrected chi connectivity index (χ3v) is 6.47. The van der Waals surface area contributed by atoms with Crippen LogP contribution in [0, 0.1) is 17.3 Å². The number of ketones is 1. The lowest BCUT2D eigenvalue weighted by atomic mass is 9.76. The second-order valence-electron chi connectivity index (χ2n) is 10.2. The molecule has 194 valence electrons. The zero-order valence-corrected chi connectivity index (χ0v) is 20.8. The predicted octanol–water partition coefficient (Wildman–Crippen LogP) is 5.11. The van der Waals surface area contributed by atoms with Crippen LogP contribution in [0.3, 0.4) is 0 Å². The minimum Gasteiger partial charge on any atom is -0.392 e. The van der Waals surface area contributed by atoms with E-state index in [9.17, 15) is 33.0 Å². The molecule has 0 aliphatic carbocycles. The van der Waals surface area contributed by atoms with Crippen LogP contribution in [0.4, 0.5) is 13.2 Å². The van der Waals surface area contributed by atoms with Crippen LogP contribution in [0.1, 0.15) is 66.7 Å². The Labute approximate surface area is 200 Å². The molecule has 1 aliphatic rings. The molecule has 0 aromatic rings. The third kappa shape index (κ3) is 9.47. The number of rotatable bonds is 2. The molecule has 6 atom stereocenters. The molecule has 34 heavy (non-hydrogen) atoms. The number of aliphatic hydroxyl groups is 2. The second kappa shape index (κ2) is 12.8. The Morgan fingerprint density at radius 1 is 1.24 bits per heavy atom. The average Bonchev–Trinajstić information content (AvgIpc) is 2.71. The van der Waals surface area contributed by atoms with Gasteiger partial charge in [-0.15, -0.1) is 0 Å². The summed E-state index contributed by atoms with van der Waals surface area (Å²) in [6.45, 7) is 12.1. The van der Waals surface area contributed by atoms with Crippen molar-refractivity contribution in [1.82, 2.24) is 0 Å². The zero-order valence-electron chi connectivity index (χ0n) is 20.8. The number of alkyl halides is 3. The van der Waals surface area contributed by atoms with Gasteiger partial charge in [0.2, 0.25) is 0 Å². The van der Waals surface area contributed by atoms with Gasteiger partial charge >= 0.3 is 6.18 Å². The van der Waals surface area contributed by atoms with Gasteiger partial charge in [-0.25, -0.2) is 0 Å². The predicted molar refractivity (Wildman–Crippen MR) is 125 cm³/mol. The van der Waals surface area contributed by atoms with Crippen LogP contribution < -0.4 is 0 Å². The van der Waals surface area contributed by atoms with Crippen molar-refractivity contribution in [1.29, 1.82) is 0 Å². The van der Waals surface area contributed by atoms with Crippen LogP contribution in [0.15, 0.2) is 36.0 Å². The van der Waals surface area contributed by atoms with Gasteiger partial charge in [0.1, 0.15) is 18.2 Å². The molecule has 5 nitrogen and oxygen atoms in total. The van der Waals surface area contributed by atoms with Crippen molar-refractivity contribution >= 4 is 12.1 Å². The Bertz CT molecular complexity index is 769. The fourth-order valence-electron chi connectivity index (χ4n) is 3.86. The lowest BCUT2D eigenvalue weighted by molar-refractivity contribution is -0.132. The molecule has 0 saturated carbocycles. The zero-order chi connectivity index (χ0) is 26.3. The summed E-state index contributed by atoms with van der Waals surface area (Å²) >= 11 is 0. The maximum absolute atomic E-state index is 13.6. The fraction of sp³-hybridized carbons (Fsp3) is 0.692. The number of aliphatic hydroxyl groups excluding tert-OH is 2. The number of carbonyl (C=O) groups is 2. The van der Waals surface area contributed by atoms with Crippen LogP contribution in [-0.2, 0) is 14.3 Å². The molecule has 0 bridgehead atoms. The van der Waals surface area contributed by atoms with Crippen LogP contribution >= 0.6 is 0 Å². The van der Waals surface area contributed by atoms with Crippen molar-refractivity contribution in [2.24, 2.45) is 17.3 Å². The summed E-state index contributed by atoms with van der Waals surface area (Å²) in [6.07, 6.45) is -4.38. The van der Waals surface area contributed by atoms with Crippen molar-refractivity contribution in [3.63, 3.8) is 0 Å². The van der Waals surface area contributed by atoms with Crippen LogP contribution in [0.25, 0.3) is 0 Å². The molecule has 2 N–H and O–H groups in total. The van der Waals surface area contributed by atoms with Crippen molar-refractivity contribution in [2.45, 2.75) is 97.3 Å². The number of hydrogen-bond acceptors (Lipinski definition) is 5. The van der Waals surface area contributed by atoms with E-state index in [1.165, 1.54) is 6.08 Å². The lowest BCUT2D eigenvalue weighted by Gasteiger charge is -2.33. The molecular weight excluding hydrogens is 449 g/mol. The summed E-state index contributed by atoms with van der Waals surface area (Å²) < 4.78 is 46.4. The lowest BCUT2D eigenvalue weighted by Crippen LogP contribution is -2.39. The number of allylic oxidation sites excluding steroid dienone is 3. The minimum atomic E-state index is -4.54. The highest BCUT2D eigenvalue weighted by Gasteiger charge is 2.36. The Kier molecular flexibility index (Phi) is 11.4. The fourth-order valence-corrected chi connectivity index (χ4v) is 3.86. The van der Waals surface area contributed by atoms with Gasteiger partial charge in [0.05, 0.1) is 18.3 Å². The molecule has 0 spiro atoms. The van der Waals surface area contributed by atoms with Gasteiger partial charge in [-0.2, -0.15) is 13.2 Å². The van der Waals surface area contributed by atoms with Gasteiger partial charge in [-0.1, -0.05) is 58.1 Å². The number of hydrogen-bond donors (Lipinski definition) is 2. The van der Waals surface area contributed by atoms with Crippen molar-refractivity contribution in [3.8, 4) is 0 Å². The Morgan fingerprint density at radius 3 is 2.38 bits per heavy atom. The molecule has 0 aromatic heterocycles. The first kappa shape index (κ1) is 30.3. The first-order valence-electron chi connectivity index (χ1n) is 11.7. The maximum Gasteiger partial charge on any atom is 0.412 e. The smallest absolute Gasteiger partial charge is 0.392 e. The molecule has 8 heteroatoms. The van der Waals surface area contributed by atoms with E-state index in [4.69, 9.17) is 4.74 Å². The van der Waals surface area contributed by atoms with Gasteiger partial charge in [0.15, 0.2) is 0 Å². The first-order valence-corrected chi connectivity index (χ1v) is 11.7. The summed E-state index contributed by atoms with van der Waals surface area (Å²) in [5, 5.41) is 21.3. The summed E-state index contributed by atoms with van der Waals surface area (Å²) in [5.41, 5.74) is -1.20. The van der Waals surface area contributed by atoms with Crippen molar-refractivity contribution in [3.05, 3.63) is 36.0 Å². The molecular formula is C26H39F3O5. The van der Waals surface area contributed by atoms with E-state index in [1.54, 1.807) is 40.7 Å². The minimum absolute atomic E-state index is 0.0101. The monoisotopic (exact) mass is 488 g/mol. The average molecular weight is 489 g/mol. The van der Waals surface area contributed by atoms with Crippen molar-refractivity contribution in [2.75, 3.05) is 0 Å². The Morgan fingerprint density at radius 2 is 1.85 bits per heavy atom. The van der Waals surface area contributed by atoms with Crippen LogP contribution in [0.2, 0.25) is 0 Å². The molecule has 1 heterocycles. The molecule has 0 fully saturated rings. The van der Waals surface area contributed by atoms with Gasteiger partial charge in [-0.05, 0) is 37.5 Å². The van der Waals surface area contributed by atoms with E-state index < -0.39 is 47.5 Å². The Hall–Kier alpha value is -1.77. The SMILES string of the molecule is C=C(C)C1C/C=C(/C(F)(F)F)C/C=C/[C@H](C)C[C@H](O)[C@@H](C)C(=O)CC(C)(C)[C@@H](O)CC(C=O)O1. The third-order valence-electron chi connectivity index (χ3n) is 6.47. The van der Waals surface area contributed by atoms with Gasteiger partial charge in [0.25, 0.3) is 0 Å². The number of ether oxygens (including phenoxy) is 1. The number of carbonyl (C=O) groups excluding carboxylic acids is 2. The van der Waals surface area contributed by atoms with E-state index in [0.29, 0.717) is 11.9 Å². The first-order chi connectivity index (χ1) is 15.6. The highest BCUT2D eigenvalue weighted by molar-refractivity contribution is 5.81. The van der Waals surface area contributed by atoms with Gasteiger partial charge in [-0.3, -0.25) is 4.79 Å². The van der Waals surface area contributed by atoms with Crippen LogP contribution in [0.5, 0.6) is 0 Å². The van der Waals surface area contributed by atoms with Crippen LogP contribution in [-0.4, -0.2) is 52.9 Å². The molecule has 0 radical (unpaired) electrons. The van der Waals surface area contributed by atoms with E-state index in [1.807, 2.05) is 0 Å². The number of aldehydes is 1. The highest BCUT2D eigenvalue weighted by Crippen LogP contribution is 2.33. The van der Waals surface area contributed by atoms with Crippen molar-refractivity contribution < 1.29 is 37.7 Å². The molecule has 1 aliphatic heterocycles. The largest absolute Gasteiger partial charge is 0.412 e. The van der Waals surface area contributed by atoms with Gasteiger partial charge in [0, 0.05) is 24.3 Å². The number of halogens is 3. The summed E-state index contributed by atoms with van der Waals surface area (Å²) in [7, 11) is 0. The normalized spacial score (nSPS) is 35.4. The maximum atomic E-state index is 13.6. The van der Waals surface area contributed by atoms with E-state index in [2.05, 4.69) is 6.58 Å². The quantitative estimate of drug-likeness (QED) is 0.417. The van der Waals surface area contributed by atoms with E-state index in [0.717, 1.165) is 6.08 Å². The molecule has 0 aromatic carbocycles. The molecule has 0 amide bonds. The highest BCUT2D eigenvalue weighted by atomic mass is 19.4. The topological polar surface area (TPSA) is 83.8 Å². The standard InChI is InChI=1S/C26H39F3O5/c1-16(2)23-11-10-19(26(27,28)29)9-7-8-17(3)12-21(31)18(4)22(32)14-25(5,6)24(33)13-20(15-30)34-23/h7-8,10,15,17-18,20-21,23-24,31,33H,1,9,11-14H2,2-6H3/b8-7+,19-10+/t17-,18+,20?,21-,23?,24-/m0/s1.